The molecular formula is C17H26N6O. The molecule has 7 heteroatoms. The van der Waals surface area contributed by atoms with Crippen molar-refractivity contribution in [2.45, 2.75) is 39.7 Å². The van der Waals surface area contributed by atoms with E-state index in [1.54, 1.807) is 4.52 Å². The topological polar surface area (TPSA) is 66.6 Å². The van der Waals surface area contributed by atoms with Gasteiger partial charge in [-0.2, -0.15) is 10.1 Å². The number of aryl methyl sites for hydroxylation is 2. The highest BCUT2D eigenvalue weighted by Gasteiger charge is 2.33. The van der Waals surface area contributed by atoms with Crippen LogP contribution < -0.4 is 0 Å². The summed E-state index contributed by atoms with van der Waals surface area (Å²) >= 11 is 0. The molecular weight excluding hydrogens is 304 g/mol. The number of likely N-dealkylation sites (tertiary alicyclic amines) is 1. The zero-order valence-electron chi connectivity index (χ0n) is 15.2. The summed E-state index contributed by atoms with van der Waals surface area (Å²) in [5.41, 5.74) is 3.04. The number of aromatic nitrogens is 4. The molecule has 2 atom stereocenters. The van der Waals surface area contributed by atoms with Gasteiger partial charge in [-0.3, -0.25) is 4.79 Å². The van der Waals surface area contributed by atoms with Crippen LogP contribution in [0.1, 0.15) is 30.3 Å². The molecule has 0 bridgehead atoms. The van der Waals surface area contributed by atoms with Gasteiger partial charge in [-0.25, -0.2) is 9.50 Å². The van der Waals surface area contributed by atoms with Crippen LogP contribution in [0.2, 0.25) is 0 Å². The molecule has 0 saturated carbocycles. The van der Waals surface area contributed by atoms with Gasteiger partial charge >= 0.3 is 0 Å². The molecule has 24 heavy (non-hydrogen) atoms. The summed E-state index contributed by atoms with van der Waals surface area (Å²) in [4.78, 5) is 25.5. The van der Waals surface area contributed by atoms with Gasteiger partial charge in [0, 0.05) is 36.9 Å². The standard InChI is InChI=1S/C17H26N6O/c1-11-8-22(9-15(11)21(4)5)16(24)7-6-14-12(2)20-17-18-10-19-23(17)13(14)3/h10-11,15H,6-9H2,1-5H3/t11-,15+/m0/s1. The molecule has 130 valence electrons. The van der Waals surface area contributed by atoms with E-state index in [1.165, 1.54) is 6.33 Å². The van der Waals surface area contributed by atoms with Crippen LogP contribution in [-0.4, -0.2) is 68.5 Å². The average Bonchev–Trinajstić information content (AvgIpc) is 3.13. The summed E-state index contributed by atoms with van der Waals surface area (Å²) in [6.45, 7) is 7.87. The highest BCUT2D eigenvalue weighted by atomic mass is 16.2. The first-order valence-electron chi connectivity index (χ1n) is 8.48. The average molecular weight is 330 g/mol. The molecule has 1 saturated heterocycles. The lowest BCUT2D eigenvalue weighted by Gasteiger charge is -2.22. The Kier molecular flexibility index (Phi) is 4.54. The number of nitrogens with zero attached hydrogens (tertiary/aromatic N) is 6. The lowest BCUT2D eigenvalue weighted by Crippen LogP contribution is -2.35. The minimum Gasteiger partial charge on any atom is -0.341 e. The Morgan fingerprint density at radius 3 is 2.75 bits per heavy atom. The van der Waals surface area contributed by atoms with Crippen molar-refractivity contribution in [3.63, 3.8) is 0 Å². The van der Waals surface area contributed by atoms with E-state index < -0.39 is 0 Å². The molecule has 7 nitrogen and oxygen atoms in total. The van der Waals surface area contributed by atoms with Crippen LogP contribution in [-0.2, 0) is 11.2 Å². The SMILES string of the molecule is Cc1nc2ncnn2c(C)c1CCC(=O)N1C[C@@H](N(C)C)[C@@H](C)C1. The van der Waals surface area contributed by atoms with Crippen molar-refractivity contribution < 1.29 is 4.79 Å². The first-order valence-corrected chi connectivity index (χ1v) is 8.48. The third-order valence-electron chi connectivity index (χ3n) is 5.17. The molecule has 1 aliphatic heterocycles. The van der Waals surface area contributed by atoms with Crippen LogP contribution in [0, 0.1) is 19.8 Å². The number of carbonyl (C=O) groups is 1. The first kappa shape index (κ1) is 16.8. The molecule has 1 fully saturated rings. The minimum atomic E-state index is 0.226. The largest absolute Gasteiger partial charge is 0.341 e. The quantitative estimate of drug-likeness (QED) is 0.839. The summed E-state index contributed by atoms with van der Waals surface area (Å²) in [5, 5.41) is 4.21. The highest BCUT2D eigenvalue weighted by Crippen LogP contribution is 2.22. The van der Waals surface area contributed by atoms with Crippen molar-refractivity contribution in [3.05, 3.63) is 23.3 Å². The second kappa shape index (κ2) is 6.47. The number of hydrogen-bond acceptors (Lipinski definition) is 5. The van der Waals surface area contributed by atoms with Crippen molar-refractivity contribution in [3.8, 4) is 0 Å². The summed E-state index contributed by atoms with van der Waals surface area (Å²) in [6.07, 6.45) is 2.71. The molecule has 0 radical (unpaired) electrons. The zero-order valence-corrected chi connectivity index (χ0v) is 15.2. The van der Waals surface area contributed by atoms with Crippen LogP contribution in [0.25, 0.3) is 5.78 Å². The van der Waals surface area contributed by atoms with Crippen LogP contribution in [0.3, 0.4) is 0 Å². The third-order valence-corrected chi connectivity index (χ3v) is 5.17. The zero-order chi connectivity index (χ0) is 17.4. The second-order valence-corrected chi connectivity index (χ2v) is 7.04. The summed E-state index contributed by atoms with van der Waals surface area (Å²) in [7, 11) is 4.17. The first-order chi connectivity index (χ1) is 11.4. The van der Waals surface area contributed by atoms with Crippen LogP contribution in [0.5, 0.6) is 0 Å². The van der Waals surface area contributed by atoms with E-state index >= 15 is 0 Å². The summed E-state index contributed by atoms with van der Waals surface area (Å²) < 4.78 is 1.74. The van der Waals surface area contributed by atoms with Crippen LogP contribution in [0.15, 0.2) is 6.33 Å². The van der Waals surface area contributed by atoms with Gasteiger partial charge in [0.05, 0.1) is 0 Å². The predicted molar refractivity (Wildman–Crippen MR) is 91.8 cm³/mol. The van der Waals surface area contributed by atoms with Gasteiger partial charge in [-0.1, -0.05) is 6.92 Å². The highest BCUT2D eigenvalue weighted by molar-refractivity contribution is 5.77. The number of rotatable bonds is 4. The fraction of sp³-hybridized carbons (Fsp3) is 0.647. The van der Waals surface area contributed by atoms with E-state index in [4.69, 9.17) is 0 Å². The predicted octanol–water partition coefficient (Wildman–Crippen LogP) is 1.08. The maximum Gasteiger partial charge on any atom is 0.252 e. The summed E-state index contributed by atoms with van der Waals surface area (Å²) in [5.74, 6) is 1.35. The normalized spacial score (nSPS) is 21.2. The fourth-order valence-corrected chi connectivity index (χ4v) is 3.73. The molecule has 1 aliphatic rings. The number of carbonyl (C=O) groups excluding carboxylic acids is 1. The monoisotopic (exact) mass is 330 g/mol. The molecule has 3 rings (SSSR count). The Hall–Kier alpha value is -2.02. The van der Waals surface area contributed by atoms with E-state index in [0.717, 1.165) is 30.0 Å². The van der Waals surface area contributed by atoms with Gasteiger partial charge in [0.15, 0.2) is 0 Å². The molecule has 0 unspecified atom stereocenters. The minimum absolute atomic E-state index is 0.226. The van der Waals surface area contributed by atoms with Gasteiger partial charge in [-0.15, -0.1) is 0 Å². The lowest BCUT2D eigenvalue weighted by molar-refractivity contribution is -0.130. The van der Waals surface area contributed by atoms with Crippen LogP contribution >= 0.6 is 0 Å². The summed E-state index contributed by atoms with van der Waals surface area (Å²) in [6, 6.07) is 0.450. The van der Waals surface area contributed by atoms with Crippen molar-refractivity contribution >= 4 is 11.7 Å². The smallest absolute Gasteiger partial charge is 0.252 e. The van der Waals surface area contributed by atoms with E-state index in [2.05, 4.69) is 41.0 Å². The number of hydrogen-bond donors (Lipinski definition) is 0. The van der Waals surface area contributed by atoms with E-state index in [-0.39, 0.29) is 5.91 Å². The molecule has 1 amide bonds. The Labute approximate surface area is 142 Å². The van der Waals surface area contributed by atoms with Gasteiger partial charge in [-0.05, 0) is 45.8 Å². The Morgan fingerprint density at radius 1 is 1.33 bits per heavy atom. The number of fused-ring (bicyclic) bond motifs is 1. The number of likely N-dealkylation sites (N-methyl/N-ethyl adjacent to an activating group) is 1. The van der Waals surface area contributed by atoms with Crippen molar-refractivity contribution in [1.82, 2.24) is 29.4 Å². The van der Waals surface area contributed by atoms with Gasteiger partial charge < -0.3 is 9.80 Å². The second-order valence-electron chi connectivity index (χ2n) is 7.04. The Morgan fingerprint density at radius 2 is 2.08 bits per heavy atom. The molecule has 0 spiro atoms. The van der Waals surface area contributed by atoms with Crippen molar-refractivity contribution in [2.75, 3.05) is 27.2 Å². The van der Waals surface area contributed by atoms with Crippen molar-refractivity contribution in [2.24, 2.45) is 5.92 Å². The lowest BCUT2D eigenvalue weighted by atomic mass is 10.1. The van der Waals surface area contributed by atoms with E-state index in [1.807, 2.05) is 18.7 Å². The molecule has 0 aliphatic carbocycles. The fourth-order valence-electron chi connectivity index (χ4n) is 3.73. The Bertz CT molecular complexity index is 753. The molecule has 2 aromatic heterocycles. The van der Waals surface area contributed by atoms with E-state index in [9.17, 15) is 4.79 Å². The molecule has 3 heterocycles. The Balaban J connectivity index is 1.69. The molecule has 2 aromatic rings. The van der Waals surface area contributed by atoms with Crippen molar-refractivity contribution in [1.29, 1.82) is 0 Å². The van der Waals surface area contributed by atoms with Gasteiger partial charge in [0.25, 0.3) is 5.78 Å². The van der Waals surface area contributed by atoms with E-state index in [0.29, 0.717) is 30.6 Å². The van der Waals surface area contributed by atoms with Crippen LogP contribution in [0.4, 0.5) is 0 Å². The molecule has 0 aromatic carbocycles. The maximum atomic E-state index is 12.6. The van der Waals surface area contributed by atoms with Gasteiger partial charge in [0.2, 0.25) is 5.91 Å². The maximum absolute atomic E-state index is 12.6. The number of amides is 1. The van der Waals surface area contributed by atoms with Gasteiger partial charge in [0.1, 0.15) is 6.33 Å². The molecule has 0 N–H and O–H groups in total. The third kappa shape index (κ3) is 3.00.